The number of hydrogen-bond donors (Lipinski definition) is 0. The van der Waals surface area contributed by atoms with Crippen molar-refractivity contribution in [3.8, 4) is 0 Å². The van der Waals surface area contributed by atoms with E-state index in [4.69, 9.17) is 4.74 Å². The van der Waals surface area contributed by atoms with Crippen molar-refractivity contribution in [1.29, 1.82) is 0 Å². The van der Waals surface area contributed by atoms with E-state index in [1.54, 1.807) is 18.0 Å². The van der Waals surface area contributed by atoms with Gasteiger partial charge in [0.2, 0.25) is 0 Å². The minimum absolute atomic E-state index is 0.319. The molecule has 0 N–H and O–H groups in total. The maximum absolute atomic E-state index is 11.9. The zero-order chi connectivity index (χ0) is 13.6. The van der Waals surface area contributed by atoms with Crippen LogP contribution in [0.15, 0.2) is 11.8 Å². The smallest absolute Gasteiger partial charge is 0.314 e. The van der Waals surface area contributed by atoms with E-state index in [-0.39, 0.29) is 11.4 Å². The first kappa shape index (κ1) is 15.7. The van der Waals surface area contributed by atoms with Gasteiger partial charge in [0, 0.05) is 25.9 Å². The normalized spacial score (nSPS) is 14.1. The molecule has 0 aromatic heterocycles. The number of rotatable bonds is 5. The third-order valence-corrected chi connectivity index (χ3v) is 2.27. The maximum Gasteiger partial charge on any atom is 0.314 e. The van der Waals surface area contributed by atoms with E-state index in [1.807, 2.05) is 34.9 Å². The summed E-state index contributed by atoms with van der Waals surface area (Å²) in [5.74, 6) is -0.887. The lowest BCUT2D eigenvalue weighted by Crippen LogP contribution is -2.33. The topological polar surface area (TPSA) is 46.6 Å². The van der Waals surface area contributed by atoms with Gasteiger partial charge in [-0.1, -0.05) is 20.8 Å². The van der Waals surface area contributed by atoms with Crippen molar-refractivity contribution >= 4 is 12.3 Å². The Bertz CT molecular complexity index is 300. The monoisotopic (exact) mass is 241 g/mol. The van der Waals surface area contributed by atoms with Crippen LogP contribution in [0.2, 0.25) is 0 Å². The van der Waals surface area contributed by atoms with Gasteiger partial charge in [0.05, 0.1) is 12.5 Å². The van der Waals surface area contributed by atoms with Gasteiger partial charge in [-0.15, -0.1) is 0 Å². The Kier molecular flexibility index (Phi) is 5.93. The number of esters is 1. The fourth-order valence-corrected chi connectivity index (χ4v) is 1.69. The second-order valence-corrected chi connectivity index (χ2v) is 5.26. The number of aldehydes is 1. The SMILES string of the molecule is CCOC(=O)C(/C(C=O)=C/N(C)C)C(C)(C)C. The lowest BCUT2D eigenvalue weighted by atomic mass is 9.76. The molecule has 98 valence electrons. The van der Waals surface area contributed by atoms with Crippen LogP contribution in [0.4, 0.5) is 0 Å². The molecule has 0 saturated carbocycles. The summed E-state index contributed by atoms with van der Waals surface area (Å²) in [4.78, 5) is 24.8. The molecule has 4 nitrogen and oxygen atoms in total. The van der Waals surface area contributed by atoms with Crippen LogP contribution in [0, 0.1) is 11.3 Å². The number of ether oxygens (including phenoxy) is 1. The summed E-state index contributed by atoms with van der Waals surface area (Å²) in [7, 11) is 3.63. The molecule has 0 heterocycles. The molecular formula is C13H23NO3. The highest BCUT2D eigenvalue weighted by molar-refractivity contribution is 5.87. The zero-order valence-corrected chi connectivity index (χ0v) is 11.6. The highest BCUT2D eigenvalue weighted by atomic mass is 16.5. The van der Waals surface area contributed by atoms with Gasteiger partial charge in [-0.3, -0.25) is 9.59 Å². The molecule has 0 fully saturated rings. The Hall–Kier alpha value is -1.32. The van der Waals surface area contributed by atoms with Gasteiger partial charge in [0.25, 0.3) is 0 Å². The van der Waals surface area contributed by atoms with Crippen LogP contribution in [-0.2, 0) is 14.3 Å². The first-order valence-corrected chi connectivity index (χ1v) is 5.74. The van der Waals surface area contributed by atoms with Crippen molar-refractivity contribution in [1.82, 2.24) is 4.90 Å². The van der Waals surface area contributed by atoms with Crippen molar-refractivity contribution < 1.29 is 14.3 Å². The summed E-state index contributed by atoms with van der Waals surface area (Å²) in [5, 5.41) is 0. The molecule has 4 heteroatoms. The molecule has 1 unspecified atom stereocenters. The minimum Gasteiger partial charge on any atom is -0.466 e. The predicted molar refractivity (Wildman–Crippen MR) is 67.4 cm³/mol. The second kappa shape index (κ2) is 6.42. The fourth-order valence-electron chi connectivity index (χ4n) is 1.69. The molecule has 0 saturated heterocycles. The van der Waals surface area contributed by atoms with E-state index >= 15 is 0 Å². The van der Waals surface area contributed by atoms with Crippen LogP contribution in [0.5, 0.6) is 0 Å². The molecule has 1 atom stereocenters. The van der Waals surface area contributed by atoms with E-state index in [0.717, 1.165) is 6.29 Å². The van der Waals surface area contributed by atoms with Crippen molar-refractivity contribution in [2.45, 2.75) is 27.7 Å². The Balaban J connectivity index is 5.30. The average molecular weight is 241 g/mol. The summed E-state index contributed by atoms with van der Waals surface area (Å²) in [6.07, 6.45) is 2.40. The average Bonchev–Trinajstić information content (AvgIpc) is 2.14. The van der Waals surface area contributed by atoms with Crippen LogP contribution >= 0.6 is 0 Å². The lowest BCUT2D eigenvalue weighted by molar-refractivity contribution is -0.150. The van der Waals surface area contributed by atoms with E-state index in [0.29, 0.717) is 12.2 Å². The van der Waals surface area contributed by atoms with Crippen LogP contribution < -0.4 is 0 Å². The molecule has 0 spiro atoms. The van der Waals surface area contributed by atoms with Crippen molar-refractivity contribution in [2.24, 2.45) is 11.3 Å². The minimum atomic E-state index is -0.539. The Morgan fingerprint density at radius 3 is 2.18 bits per heavy atom. The van der Waals surface area contributed by atoms with Crippen LogP contribution in [0.1, 0.15) is 27.7 Å². The molecule has 0 aliphatic rings. The van der Waals surface area contributed by atoms with Crippen LogP contribution in [0.25, 0.3) is 0 Å². The molecule has 17 heavy (non-hydrogen) atoms. The first-order chi connectivity index (χ1) is 7.73. The van der Waals surface area contributed by atoms with Gasteiger partial charge in [0.1, 0.15) is 6.29 Å². The van der Waals surface area contributed by atoms with Gasteiger partial charge >= 0.3 is 5.97 Å². The summed E-state index contributed by atoms with van der Waals surface area (Å²) in [6.45, 7) is 7.83. The largest absolute Gasteiger partial charge is 0.466 e. The van der Waals surface area contributed by atoms with E-state index < -0.39 is 5.92 Å². The van der Waals surface area contributed by atoms with Crippen molar-refractivity contribution in [3.63, 3.8) is 0 Å². The Labute approximate surface area is 104 Å². The zero-order valence-electron chi connectivity index (χ0n) is 11.6. The van der Waals surface area contributed by atoms with E-state index in [9.17, 15) is 9.59 Å². The number of carbonyl (C=O) groups excluding carboxylic acids is 2. The highest BCUT2D eigenvalue weighted by Crippen LogP contribution is 2.32. The third kappa shape index (κ3) is 5.02. The van der Waals surface area contributed by atoms with E-state index in [1.165, 1.54) is 0 Å². The fraction of sp³-hybridized carbons (Fsp3) is 0.692. The van der Waals surface area contributed by atoms with Crippen molar-refractivity contribution in [2.75, 3.05) is 20.7 Å². The predicted octanol–water partition coefficient (Wildman–Crippen LogP) is 1.86. The number of carbonyl (C=O) groups is 2. The molecule has 0 bridgehead atoms. The summed E-state index contributed by atoms with van der Waals surface area (Å²) in [6, 6.07) is 0. The van der Waals surface area contributed by atoms with Crippen LogP contribution in [0.3, 0.4) is 0 Å². The summed E-state index contributed by atoms with van der Waals surface area (Å²) in [5.41, 5.74) is 0.0931. The molecule has 0 aliphatic carbocycles. The lowest BCUT2D eigenvalue weighted by Gasteiger charge is -2.29. The van der Waals surface area contributed by atoms with Gasteiger partial charge in [-0.25, -0.2) is 0 Å². The number of hydrogen-bond acceptors (Lipinski definition) is 4. The molecule has 0 radical (unpaired) electrons. The Morgan fingerprint density at radius 2 is 1.88 bits per heavy atom. The number of nitrogens with zero attached hydrogens (tertiary/aromatic N) is 1. The summed E-state index contributed by atoms with van der Waals surface area (Å²) < 4.78 is 5.04. The van der Waals surface area contributed by atoms with Gasteiger partial charge in [0.15, 0.2) is 0 Å². The molecule has 0 aliphatic heterocycles. The quantitative estimate of drug-likeness (QED) is 0.419. The second-order valence-electron chi connectivity index (χ2n) is 5.26. The van der Waals surface area contributed by atoms with Gasteiger partial charge < -0.3 is 9.64 Å². The van der Waals surface area contributed by atoms with Crippen molar-refractivity contribution in [3.05, 3.63) is 11.8 Å². The molecular weight excluding hydrogens is 218 g/mol. The van der Waals surface area contributed by atoms with Crippen LogP contribution in [-0.4, -0.2) is 37.9 Å². The first-order valence-electron chi connectivity index (χ1n) is 5.74. The van der Waals surface area contributed by atoms with Gasteiger partial charge in [-0.2, -0.15) is 0 Å². The highest BCUT2D eigenvalue weighted by Gasteiger charge is 2.35. The third-order valence-electron chi connectivity index (χ3n) is 2.27. The molecule has 0 amide bonds. The van der Waals surface area contributed by atoms with Gasteiger partial charge in [-0.05, 0) is 12.3 Å². The Morgan fingerprint density at radius 1 is 1.35 bits per heavy atom. The molecule has 0 rings (SSSR count). The molecule has 0 aromatic rings. The maximum atomic E-state index is 11.9. The standard InChI is InChI=1S/C13H23NO3/c1-7-17-12(16)11(13(2,3)4)10(9-15)8-14(5)6/h8-9,11H,7H2,1-6H3/b10-8+. The van der Waals surface area contributed by atoms with E-state index in [2.05, 4.69) is 0 Å². The summed E-state index contributed by atoms with van der Waals surface area (Å²) >= 11 is 0. The molecule has 0 aromatic carbocycles.